The summed E-state index contributed by atoms with van der Waals surface area (Å²) < 4.78 is 0. The second kappa shape index (κ2) is 9.22. The number of nitrogens with zero attached hydrogens (tertiary/aromatic N) is 3. The molecule has 0 saturated carbocycles. The van der Waals surface area contributed by atoms with Crippen molar-refractivity contribution >= 4 is 28.1 Å². The molecular formula is C17H20N4O5. The third-order valence-corrected chi connectivity index (χ3v) is 3.73. The maximum atomic E-state index is 10.0. The lowest BCUT2D eigenvalue weighted by atomic mass is 10.0. The number of fused-ring (bicyclic) bond motifs is 3. The number of carbonyl (C=O) groups is 1. The third-order valence-electron chi connectivity index (χ3n) is 3.73. The van der Waals surface area contributed by atoms with Gasteiger partial charge in [-0.15, -0.1) is 0 Å². The lowest BCUT2D eigenvalue weighted by molar-refractivity contribution is -0.118. The first kappa shape index (κ1) is 19.8. The monoisotopic (exact) mass is 360 g/mol. The Balaban J connectivity index is 0.000000191. The van der Waals surface area contributed by atoms with Crippen LogP contribution >= 0.6 is 0 Å². The smallest absolute Gasteiger partial charge is 0.139 e. The zero-order valence-electron chi connectivity index (χ0n) is 13.8. The van der Waals surface area contributed by atoms with Crippen LogP contribution in [0, 0.1) is 0 Å². The van der Waals surface area contributed by atoms with Gasteiger partial charge in [0.05, 0.1) is 23.7 Å². The molecule has 0 aliphatic carbocycles. The van der Waals surface area contributed by atoms with Crippen LogP contribution < -0.4 is 5.73 Å². The third kappa shape index (κ3) is 4.54. The standard InChI is InChI=1S/C11H7N3.C6H13NO5/c1-2-10-9(3-4-13-10)11-8(1)7-12-5-6-14-11;7-3(1-8)5(11)6(12)4(10)2-9/h1-7H;1,3-6,9-12H,2,7H2/t;3-,4+,5+,6+/m.0/s1. The molecule has 4 atom stereocenters. The average Bonchev–Trinajstić information content (AvgIpc) is 3.03. The first-order chi connectivity index (χ1) is 12.5. The van der Waals surface area contributed by atoms with E-state index in [1.807, 2.05) is 24.4 Å². The second-order valence-electron chi connectivity index (χ2n) is 5.53. The van der Waals surface area contributed by atoms with Gasteiger partial charge in [0.1, 0.15) is 24.6 Å². The number of rotatable bonds is 5. The first-order valence-electron chi connectivity index (χ1n) is 7.79. The van der Waals surface area contributed by atoms with E-state index in [-0.39, 0.29) is 6.29 Å². The van der Waals surface area contributed by atoms with Crippen molar-refractivity contribution < 1.29 is 25.2 Å². The molecule has 0 saturated heterocycles. The van der Waals surface area contributed by atoms with Crippen molar-refractivity contribution in [3.8, 4) is 0 Å². The van der Waals surface area contributed by atoms with Crippen LogP contribution in [0.25, 0.3) is 21.8 Å². The topological polar surface area (TPSA) is 163 Å². The molecule has 0 spiro atoms. The Kier molecular flexibility index (Phi) is 7.01. The van der Waals surface area contributed by atoms with Crippen LogP contribution in [0.5, 0.6) is 0 Å². The maximum Gasteiger partial charge on any atom is 0.139 e. The molecule has 0 aliphatic rings. The second-order valence-corrected chi connectivity index (χ2v) is 5.53. The Bertz CT molecular complexity index is 863. The van der Waals surface area contributed by atoms with Gasteiger partial charge in [-0.3, -0.25) is 15.0 Å². The number of nitrogens with two attached hydrogens (primary N) is 1. The van der Waals surface area contributed by atoms with Crippen molar-refractivity contribution in [3.05, 3.63) is 43.0 Å². The predicted molar refractivity (Wildman–Crippen MR) is 94.0 cm³/mol. The Morgan fingerprint density at radius 2 is 1.81 bits per heavy atom. The van der Waals surface area contributed by atoms with E-state index in [9.17, 15) is 4.79 Å². The molecule has 0 amide bonds. The molecule has 0 aliphatic heterocycles. The zero-order chi connectivity index (χ0) is 19.1. The number of hydrogen-bond donors (Lipinski definition) is 5. The van der Waals surface area contributed by atoms with Gasteiger partial charge in [-0.25, -0.2) is 0 Å². The highest BCUT2D eigenvalue weighted by Gasteiger charge is 2.28. The van der Waals surface area contributed by atoms with Gasteiger partial charge in [0.25, 0.3) is 0 Å². The van der Waals surface area contributed by atoms with Gasteiger partial charge < -0.3 is 31.0 Å². The van der Waals surface area contributed by atoms with E-state index in [4.69, 9.17) is 26.2 Å². The van der Waals surface area contributed by atoms with Gasteiger partial charge in [-0.2, -0.15) is 0 Å². The number of benzene rings is 1. The number of aliphatic hydroxyl groups is 4. The van der Waals surface area contributed by atoms with Gasteiger partial charge in [-0.05, 0) is 18.2 Å². The summed E-state index contributed by atoms with van der Waals surface area (Å²) in [7, 11) is 0. The number of aromatic nitrogens is 3. The Morgan fingerprint density at radius 3 is 2.50 bits per heavy atom. The minimum atomic E-state index is -1.62. The van der Waals surface area contributed by atoms with E-state index in [1.54, 1.807) is 18.6 Å². The predicted octanol–water partition coefficient (Wildman–Crippen LogP) is -1.23. The summed E-state index contributed by atoms with van der Waals surface area (Å²) in [4.78, 5) is 22.7. The number of aldehydes is 1. The van der Waals surface area contributed by atoms with E-state index < -0.39 is 31.0 Å². The quantitative estimate of drug-likeness (QED) is 0.350. The van der Waals surface area contributed by atoms with Crippen LogP contribution in [0.15, 0.2) is 43.0 Å². The van der Waals surface area contributed by atoms with Crippen LogP contribution in [0.1, 0.15) is 0 Å². The molecule has 0 radical (unpaired) electrons. The number of carbonyl (C=O) groups excluding carboxylic acids is 1. The van der Waals surface area contributed by atoms with E-state index >= 15 is 0 Å². The lowest BCUT2D eigenvalue weighted by Gasteiger charge is -2.23. The van der Waals surface area contributed by atoms with Crippen molar-refractivity contribution in [3.63, 3.8) is 0 Å². The molecule has 0 bridgehead atoms. The Morgan fingerprint density at radius 1 is 1.04 bits per heavy atom. The van der Waals surface area contributed by atoms with Crippen LogP contribution in [0.4, 0.5) is 0 Å². The summed E-state index contributed by atoms with van der Waals surface area (Å²) in [6.45, 7) is -0.705. The maximum absolute atomic E-state index is 10.0. The average molecular weight is 360 g/mol. The fourth-order valence-electron chi connectivity index (χ4n) is 2.24. The highest BCUT2D eigenvalue weighted by molar-refractivity contribution is 6.03. The lowest BCUT2D eigenvalue weighted by Crippen LogP contribution is -2.49. The first-order valence-corrected chi connectivity index (χ1v) is 7.79. The molecule has 138 valence electrons. The molecule has 6 N–H and O–H groups in total. The van der Waals surface area contributed by atoms with Crippen molar-refractivity contribution in [1.82, 2.24) is 15.0 Å². The molecule has 0 unspecified atom stereocenters. The van der Waals surface area contributed by atoms with Crippen LogP contribution in [-0.4, -0.2) is 72.6 Å². The van der Waals surface area contributed by atoms with Gasteiger partial charge in [0.15, 0.2) is 0 Å². The van der Waals surface area contributed by atoms with Crippen molar-refractivity contribution in [2.75, 3.05) is 6.61 Å². The van der Waals surface area contributed by atoms with Gasteiger partial charge in [0, 0.05) is 35.6 Å². The summed E-state index contributed by atoms with van der Waals surface area (Å²) >= 11 is 0. The molecule has 3 aromatic rings. The minimum Gasteiger partial charge on any atom is -0.394 e. The minimum absolute atomic E-state index is 0.248. The highest BCUT2D eigenvalue weighted by Crippen LogP contribution is 2.20. The SMILES string of the molecule is N[C@@H](C=O)[C@@H](O)[C@H](O)[C@H](O)CO.c1cnc2c(ccc3nccc32)cn1. The van der Waals surface area contributed by atoms with Crippen LogP contribution in [-0.2, 0) is 4.79 Å². The van der Waals surface area contributed by atoms with Crippen molar-refractivity contribution in [2.45, 2.75) is 24.4 Å². The molecule has 9 heteroatoms. The largest absolute Gasteiger partial charge is 0.394 e. The van der Waals surface area contributed by atoms with E-state index in [0.29, 0.717) is 0 Å². The normalized spacial score (nSPS) is 15.6. The van der Waals surface area contributed by atoms with Crippen LogP contribution in [0.2, 0.25) is 0 Å². The molecule has 26 heavy (non-hydrogen) atoms. The molecular weight excluding hydrogens is 340 g/mol. The molecule has 9 nitrogen and oxygen atoms in total. The van der Waals surface area contributed by atoms with Crippen molar-refractivity contribution in [2.24, 2.45) is 5.73 Å². The summed E-state index contributed by atoms with van der Waals surface area (Å²) in [5, 5.41) is 37.3. The summed E-state index contributed by atoms with van der Waals surface area (Å²) in [5.41, 5.74) is 6.98. The fourth-order valence-corrected chi connectivity index (χ4v) is 2.24. The Hall–Kier alpha value is -2.56. The van der Waals surface area contributed by atoms with E-state index in [2.05, 4.69) is 15.0 Å². The van der Waals surface area contributed by atoms with E-state index in [0.717, 1.165) is 21.8 Å². The van der Waals surface area contributed by atoms with Gasteiger partial charge >= 0.3 is 0 Å². The Labute approximate surface area is 148 Å². The van der Waals surface area contributed by atoms with E-state index in [1.165, 1.54) is 0 Å². The molecule has 0 fully saturated rings. The van der Waals surface area contributed by atoms with Crippen LogP contribution in [0.3, 0.4) is 0 Å². The summed E-state index contributed by atoms with van der Waals surface area (Å²) in [6, 6.07) is 4.69. The molecule has 1 aromatic carbocycles. The fraction of sp³-hybridized carbons (Fsp3) is 0.294. The van der Waals surface area contributed by atoms with Gasteiger partial charge in [-0.1, -0.05) is 0 Å². The zero-order valence-corrected chi connectivity index (χ0v) is 13.8. The summed E-state index contributed by atoms with van der Waals surface area (Å²) in [5.74, 6) is 0. The molecule has 2 aromatic heterocycles. The summed E-state index contributed by atoms with van der Waals surface area (Å²) in [6.07, 6.45) is 2.57. The number of aliphatic hydroxyl groups excluding tert-OH is 4. The van der Waals surface area contributed by atoms with Gasteiger partial charge in [0.2, 0.25) is 0 Å². The number of hydrogen-bond acceptors (Lipinski definition) is 9. The highest BCUT2D eigenvalue weighted by atomic mass is 16.4. The van der Waals surface area contributed by atoms with Crippen molar-refractivity contribution in [1.29, 1.82) is 0 Å². The molecule has 3 rings (SSSR count). The molecule has 2 heterocycles.